The van der Waals surface area contributed by atoms with Gasteiger partial charge >= 0.3 is 5.97 Å². The first-order valence-electron chi connectivity index (χ1n) is 6.09. The zero-order chi connectivity index (χ0) is 11.3. The van der Waals surface area contributed by atoms with E-state index in [1.807, 2.05) is 0 Å². The largest absolute Gasteiger partial charge is 0.477 e. The van der Waals surface area contributed by atoms with Gasteiger partial charge in [0.2, 0.25) is 0 Å². The van der Waals surface area contributed by atoms with E-state index in [1.165, 1.54) is 19.3 Å². The van der Waals surface area contributed by atoms with Crippen molar-refractivity contribution in [1.29, 1.82) is 0 Å². The van der Waals surface area contributed by atoms with Gasteiger partial charge in [-0.15, -0.1) is 0 Å². The van der Waals surface area contributed by atoms with Crippen molar-refractivity contribution in [3.63, 3.8) is 0 Å². The van der Waals surface area contributed by atoms with E-state index in [2.05, 4.69) is 5.16 Å². The fourth-order valence-corrected chi connectivity index (χ4v) is 4.78. The highest BCUT2D eigenvalue weighted by Crippen LogP contribution is 2.60. The zero-order valence-electron chi connectivity index (χ0n) is 9.22. The molecule has 0 radical (unpaired) electrons. The monoisotopic (exact) mass is 223 g/mol. The molecular weight excluding hydrogens is 206 g/mol. The molecule has 4 aliphatic carbocycles. The van der Waals surface area contributed by atoms with E-state index in [-0.39, 0.29) is 11.1 Å². The molecule has 4 fully saturated rings. The summed E-state index contributed by atoms with van der Waals surface area (Å²) in [6.45, 7) is 0. The summed E-state index contributed by atoms with van der Waals surface area (Å²) in [4.78, 5) is 11.2. The van der Waals surface area contributed by atoms with Crippen LogP contribution in [0.25, 0.3) is 0 Å². The molecule has 0 aromatic carbocycles. The second kappa shape index (κ2) is 3.22. The summed E-state index contributed by atoms with van der Waals surface area (Å²) in [5, 5.41) is 21.2. The molecule has 4 heteroatoms. The van der Waals surface area contributed by atoms with Gasteiger partial charge in [0.1, 0.15) is 0 Å². The Labute approximate surface area is 94.3 Å². The Balaban J connectivity index is 1.96. The zero-order valence-corrected chi connectivity index (χ0v) is 9.22. The van der Waals surface area contributed by atoms with E-state index in [1.54, 1.807) is 0 Å². The van der Waals surface area contributed by atoms with Gasteiger partial charge in [-0.2, -0.15) is 0 Å². The number of nitrogens with zero attached hydrogens (tertiary/aromatic N) is 1. The fraction of sp³-hybridized carbons (Fsp3) is 0.833. The number of rotatable bonds is 2. The van der Waals surface area contributed by atoms with Crippen LogP contribution in [-0.4, -0.2) is 22.0 Å². The molecule has 2 N–H and O–H groups in total. The van der Waals surface area contributed by atoms with Crippen molar-refractivity contribution >= 4 is 11.7 Å². The molecule has 4 aliphatic rings. The van der Waals surface area contributed by atoms with E-state index in [0.29, 0.717) is 17.8 Å². The van der Waals surface area contributed by atoms with Crippen LogP contribution in [0.3, 0.4) is 0 Å². The number of carboxylic acids is 1. The quantitative estimate of drug-likeness (QED) is 0.428. The minimum Gasteiger partial charge on any atom is -0.477 e. The summed E-state index contributed by atoms with van der Waals surface area (Å²) in [7, 11) is 0. The van der Waals surface area contributed by atoms with Gasteiger partial charge in [0.05, 0.1) is 0 Å². The van der Waals surface area contributed by atoms with Gasteiger partial charge in [0.15, 0.2) is 5.71 Å². The standard InChI is InChI=1S/C12H17NO3/c14-11(15)10(13-16)12-4-7-1-8(5-12)3-9(2-7)6-12/h7-9,16H,1-6H2,(H,14,15)/b13-10-. The Kier molecular flexibility index (Phi) is 2.03. The average molecular weight is 223 g/mol. The Hall–Kier alpha value is -1.06. The smallest absolute Gasteiger partial charge is 0.354 e. The third-order valence-electron chi connectivity index (χ3n) is 4.84. The first kappa shape index (κ1) is 10.1. The molecule has 88 valence electrons. The van der Waals surface area contributed by atoms with Gasteiger partial charge in [0.25, 0.3) is 0 Å². The van der Waals surface area contributed by atoms with E-state index in [0.717, 1.165) is 19.3 Å². The van der Waals surface area contributed by atoms with Gasteiger partial charge in [-0.3, -0.25) is 0 Å². The van der Waals surface area contributed by atoms with Crippen molar-refractivity contribution in [1.82, 2.24) is 0 Å². The van der Waals surface area contributed by atoms with Gasteiger partial charge in [0, 0.05) is 5.41 Å². The van der Waals surface area contributed by atoms with E-state index in [9.17, 15) is 4.79 Å². The maximum absolute atomic E-state index is 11.2. The predicted molar refractivity (Wildman–Crippen MR) is 57.5 cm³/mol. The number of hydrogen-bond donors (Lipinski definition) is 2. The predicted octanol–water partition coefficient (Wildman–Crippen LogP) is 2.12. The summed E-state index contributed by atoms with van der Waals surface area (Å²) in [6.07, 6.45) is 6.55. The maximum atomic E-state index is 11.2. The molecule has 0 saturated heterocycles. The molecule has 0 amide bonds. The summed E-state index contributed by atoms with van der Waals surface area (Å²) in [5.41, 5.74) is -0.290. The Morgan fingerprint density at radius 2 is 1.50 bits per heavy atom. The molecule has 0 heterocycles. The molecule has 4 bridgehead atoms. The second-order valence-electron chi connectivity index (χ2n) is 5.95. The topological polar surface area (TPSA) is 69.9 Å². The molecular formula is C12H17NO3. The lowest BCUT2D eigenvalue weighted by molar-refractivity contribution is -0.131. The van der Waals surface area contributed by atoms with Crippen molar-refractivity contribution in [3.05, 3.63) is 0 Å². The average Bonchev–Trinajstić information content (AvgIpc) is 2.14. The summed E-state index contributed by atoms with van der Waals surface area (Å²) >= 11 is 0. The fourth-order valence-electron chi connectivity index (χ4n) is 4.78. The van der Waals surface area contributed by atoms with Crippen LogP contribution in [0.4, 0.5) is 0 Å². The van der Waals surface area contributed by atoms with Crippen LogP contribution >= 0.6 is 0 Å². The highest BCUT2D eigenvalue weighted by atomic mass is 16.4. The van der Waals surface area contributed by atoms with Crippen LogP contribution in [-0.2, 0) is 4.79 Å². The SMILES string of the molecule is O=C(O)/C(=N/O)C12CC3CC(CC(C3)C1)C2. The van der Waals surface area contributed by atoms with Crippen molar-refractivity contribution < 1.29 is 15.1 Å². The summed E-state index contributed by atoms with van der Waals surface area (Å²) in [5.74, 6) is 0.969. The van der Waals surface area contributed by atoms with E-state index in [4.69, 9.17) is 10.3 Å². The summed E-state index contributed by atoms with van der Waals surface area (Å²) in [6, 6.07) is 0. The van der Waals surface area contributed by atoms with Crippen LogP contribution in [0.5, 0.6) is 0 Å². The molecule has 0 aromatic rings. The van der Waals surface area contributed by atoms with Crippen molar-refractivity contribution in [2.75, 3.05) is 0 Å². The van der Waals surface area contributed by atoms with Crippen LogP contribution < -0.4 is 0 Å². The minimum absolute atomic E-state index is 0.0200. The van der Waals surface area contributed by atoms with Gasteiger partial charge in [-0.25, -0.2) is 4.79 Å². The van der Waals surface area contributed by atoms with Crippen molar-refractivity contribution in [3.8, 4) is 0 Å². The molecule has 4 saturated carbocycles. The van der Waals surface area contributed by atoms with Crippen LogP contribution in [0.2, 0.25) is 0 Å². The number of oxime groups is 1. The Morgan fingerprint density at radius 3 is 1.81 bits per heavy atom. The Bertz CT molecular complexity index is 326. The molecule has 0 aliphatic heterocycles. The number of hydrogen-bond acceptors (Lipinski definition) is 3. The van der Waals surface area contributed by atoms with Crippen molar-refractivity contribution in [2.45, 2.75) is 38.5 Å². The van der Waals surface area contributed by atoms with Crippen LogP contribution in [0.1, 0.15) is 38.5 Å². The lowest BCUT2D eigenvalue weighted by atomic mass is 9.48. The highest BCUT2D eigenvalue weighted by molar-refractivity contribution is 6.37. The first-order valence-corrected chi connectivity index (χ1v) is 6.09. The van der Waals surface area contributed by atoms with E-state index >= 15 is 0 Å². The number of carbonyl (C=O) groups is 1. The lowest BCUT2D eigenvalue weighted by Crippen LogP contribution is -2.51. The number of carboxylic acid groups (broad SMARTS) is 1. The molecule has 0 unspecified atom stereocenters. The highest BCUT2D eigenvalue weighted by Gasteiger charge is 2.55. The Morgan fingerprint density at radius 1 is 1.06 bits per heavy atom. The second-order valence-corrected chi connectivity index (χ2v) is 5.95. The van der Waals surface area contributed by atoms with Crippen LogP contribution in [0.15, 0.2) is 5.16 Å². The molecule has 16 heavy (non-hydrogen) atoms. The first-order chi connectivity index (χ1) is 7.63. The third-order valence-corrected chi connectivity index (χ3v) is 4.84. The molecule has 0 spiro atoms. The molecule has 0 aromatic heterocycles. The summed E-state index contributed by atoms with van der Waals surface area (Å²) < 4.78 is 0. The maximum Gasteiger partial charge on any atom is 0.354 e. The van der Waals surface area contributed by atoms with Gasteiger partial charge < -0.3 is 10.3 Å². The van der Waals surface area contributed by atoms with Crippen LogP contribution in [0, 0.1) is 23.2 Å². The molecule has 4 rings (SSSR count). The molecule has 0 atom stereocenters. The van der Waals surface area contributed by atoms with Crippen molar-refractivity contribution in [2.24, 2.45) is 28.3 Å². The molecule has 4 nitrogen and oxygen atoms in total. The minimum atomic E-state index is -1.04. The lowest BCUT2D eigenvalue weighted by Gasteiger charge is -2.56. The van der Waals surface area contributed by atoms with Gasteiger partial charge in [-0.1, -0.05) is 5.16 Å². The van der Waals surface area contributed by atoms with E-state index < -0.39 is 5.97 Å². The van der Waals surface area contributed by atoms with Gasteiger partial charge in [-0.05, 0) is 56.3 Å². The number of aliphatic carboxylic acids is 1. The normalized spacial score (nSPS) is 46.0. The third kappa shape index (κ3) is 1.28.